The summed E-state index contributed by atoms with van der Waals surface area (Å²) in [7, 11) is 0. The van der Waals surface area contributed by atoms with E-state index in [0.29, 0.717) is 17.8 Å². The second-order valence-electron chi connectivity index (χ2n) is 7.46. The molecule has 0 saturated heterocycles. The van der Waals surface area contributed by atoms with Gasteiger partial charge in [-0.2, -0.15) is 0 Å². The lowest BCUT2D eigenvalue weighted by atomic mass is 9.75. The molecule has 148 valence electrons. The molecule has 1 aromatic carbocycles. The minimum Gasteiger partial charge on any atom is -0.460 e. The Hall–Kier alpha value is -2.64. The molecule has 1 saturated carbocycles. The monoisotopic (exact) mass is 378 g/mol. The number of nitrogens with zero attached hydrogens (tertiary/aromatic N) is 1. The van der Waals surface area contributed by atoms with Gasteiger partial charge < -0.3 is 15.2 Å². The Kier molecular flexibility index (Phi) is 6.76. The predicted molar refractivity (Wildman–Crippen MR) is 99.0 cm³/mol. The molecule has 1 fully saturated rings. The molecule has 0 aromatic heterocycles. The third kappa shape index (κ3) is 5.42. The molecule has 0 heterocycles. The van der Waals surface area contributed by atoms with Crippen LogP contribution in [0.2, 0.25) is 0 Å². The van der Waals surface area contributed by atoms with E-state index in [4.69, 9.17) is 15.2 Å². The highest BCUT2D eigenvalue weighted by atomic mass is 16.6. The van der Waals surface area contributed by atoms with Crippen molar-refractivity contribution in [3.63, 3.8) is 0 Å². The summed E-state index contributed by atoms with van der Waals surface area (Å²) in [4.78, 5) is 34.4. The first-order valence-electron chi connectivity index (χ1n) is 9.09. The molecule has 0 amide bonds. The quantitative estimate of drug-likeness (QED) is 0.348. The van der Waals surface area contributed by atoms with Crippen LogP contribution in [0, 0.1) is 27.9 Å². The Labute approximate surface area is 158 Å². The van der Waals surface area contributed by atoms with Crippen molar-refractivity contribution < 1.29 is 24.0 Å². The van der Waals surface area contributed by atoms with Gasteiger partial charge in [-0.15, -0.1) is 0 Å². The molecule has 8 heteroatoms. The lowest BCUT2D eigenvalue weighted by molar-refractivity contribution is -0.383. The summed E-state index contributed by atoms with van der Waals surface area (Å²) in [5.41, 5.74) is 5.01. The van der Waals surface area contributed by atoms with Crippen molar-refractivity contribution in [1.82, 2.24) is 0 Å². The molecular formula is C19H26N2O6. The number of carbonyl (C=O) groups is 2. The van der Waals surface area contributed by atoms with Crippen LogP contribution in [0.15, 0.2) is 18.2 Å². The first-order chi connectivity index (χ1) is 12.7. The zero-order chi connectivity index (χ0) is 20.1. The zero-order valence-electron chi connectivity index (χ0n) is 15.8. The summed E-state index contributed by atoms with van der Waals surface area (Å²) < 4.78 is 10.5. The van der Waals surface area contributed by atoms with Gasteiger partial charge in [0.25, 0.3) is 5.69 Å². The Balaban J connectivity index is 1.93. The lowest BCUT2D eigenvalue weighted by Crippen LogP contribution is -2.36. The number of carbonyl (C=O) groups excluding carboxylic acids is 2. The van der Waals surface area contributed by atoms with Gasteiger partial charge >= 0.3 is 11.9 Å². The van der Waals surface area contributed by atoms with Crippen LogP contribution >= 0.6 is 0 Å². The molecule has 0 spiro atoms. The Morgan fingerprint density at radius 3 is 2.67 bits per heavy atom. The van der Waals surface area contributed by atoms with Crippen LogP contribution in [0.5, 0.6) is 0 Å². The smallest absolute Gasteiger partial charge is 0.344 e. The average Bonchev–Trinajstić information content (AvgIpc) is 2.59. The Morgan fingerprint density at radius 1 is 1.33 bits per heavy atom. The summed E-state index contributed by atoms with van der Waals surface area (Å²) in [5.74, 6) is -0.282. The maximum atomic E-state index is 12.1. The molecule has 27 heavy (non-hydrogen) atoms. The van der Waals surface area contributed by atoms with Crippen LogP contribution < -0.4 is 5.73 Å². The largest absolute Gasteiger partial charge is 0.460 e. The number of rotatable bonds is 6. The summed E-state index contributed by atoms with van der Waals surface area (Å²) in [5, 5.41) is 10.9. The Morgan fingerprint density at radius 2 is 2.04 bits per heavy atom. The molecule has 1 aliphatic carbocycles. The van der Waals surface area contributed by atoms with Crippen molar-refractivity contribution in [2.24, 2.45) is 17.8 Å². The van der Waals surface area contributed by atoms with E-state index in [1.807, 2.05) is 0 Å². The number of hydrogen-bond acceptors (Lipinski definition) is 7. The van der Waals surface area contributed by atoms with E-state index in [2.05, 4.69) is 20.8 Å². The van der Waals surface area contributed by atoms with Crippen molar-refractivity contribution in [3.8, 4) is 0 Å². The minimum atomic E-state index is -0.840. The fourth-order valence-electron chi connectivity index (χ4n) is 3.49. The standard InChI is InChI=1S/C19H26N2O6/c1-11(2)14-6-4-12(3)8-17(14)27-18(22)10-26-19(23)13-5-7-15(20)16(9-13)21(24)25/h5,7,9,11-12,14,17H,4,6,8,10,20H2,1-3H3/t12-,14-,17-/m1/s1. The number of nitrogen functional groups attached to an aromatic ring is 1. The van der Waals surface area contributed by atoms with Gasteiger partial charge in [0.1, 0.15) is 11.8 Å². The second kappa shape index (κ2) is 8.83. The van der Waals surface area contributed by atoms with Crippen molar-refractivity contribution in [2.75, 3.05) is 12.3 Å². The third-order valence-electron chi connectivity index (χ3n) is 5.03. The van der Waals surface area contributed by atoms with E-state index in [1.54, 1.807) is 0 Å². The number of anilines is 1. The van der Waals surface area contributed by atoms with Gasteiger partial charge in [-0.25, -0.2) is 9.59 Å². The summed E-state index contributed by atoms with van der Waals surface area (Å²) >= 11 is 0. The summed E-state index contributed by atoms with van der Waals surface area (Å²) in [6, 6.07) is 3.60. The third-order valence-corrected chi connectivity index (χ3v) is 5.03. The van der Waals surface area contributed by atoms with Gasteiger partial charge in [0.2, 0.25) is 0 Å². The van der Waals surface area contributed by atoms with E-state index in [0.717, 1.165) is 25.3 Å². The molecule has 0 aliphatic heterocycles. The summed E-state index contributed by atoms with van der Waals surface area (Å²) in [6.07, 6.45) is 2.73. The number of hydrogen-bond donors (Lipinski definition) is 1. The van der Waals surface area contributed by atoms with Crippen LogP contribution in [0.3, 0.4) is 0 Å². The number of ether oxygens (including phenoxy) is 2. The van der Waals surface area contributed by atoms with Gasteiger partial charge in [0.05, 0.1) is 10.5 Å². The maximum Gasteiger partial charge on any atom is 0.344 e. The highest BCUT2D eigenvalue weighted by Gasteiger charge is 2.33. The Bertz CT molecular complexity index is 718. The number of nitrogens with two attached hydrogens (primary N) is 1. The second-order valence-corrected chi connectivity index (χ2v) is 7.46. The number of nitro benzene ring substituents is 1. The van der Waals surface area contributed by atoms with Crippen LogP contribution in [-0.4, -0.2) is 29.6 Å². The van der Waals surface area contributed by atoms with Gasteiger partial charge in [-0.3, -0.25) is 10.1 Å². The number of benzene rings is 1. The molecule has 2 rings (SSSR count). The molecule has 2 N–H and O–H groups in total. The molecule has 0 unspecified atom stereocenters. The highest BCUT2D eigenvalue weighted by molar-refractivity contribution is 5.92. The van der Waals surface area contributed by atoms with Gasteiger partial charge in [-0.05, 0) is 42.7 Å². The molecule has 0 radical (unpaired) electrons. The molecule has 1 aromatic rings. The van der Waals surface area contributed by atoms with Crippen molar-refractivity contribution in [2.45, 2.75) is 46.1 Å². The first kappa shape index (κ1) is 20.7. The van der Waals surface area contributed by atoms with Gasteiger partial charge in [0.15, 0.2) is 6.61 Å². The maximum absolute atomic E-state index is 12.1. The molecule has 0 bridgehead atoms. The number of esters is 2. The normalized spacial score (nSPS) is 22.3. The van der Waals surface area contributed by atoms with Crippen LogP contribution in [0.4, 0.5) is 11.4 Å². The topological polar surface area (TPSA) is 122 Å². The molecular weight excluding hydrogens is 352 g/mol. The van der Waals surface area contributed by atoms with E-state index in [1.165, 1.54) is 12.1 Å². The van der Waals surface area contributed by atoms with Crippen molar-refractivity contribution in [3.05, 3.63) is 33.9 Å². The summed E-state index contributed by atoms with van der Waals surface area (Å²) in [6.45, 7) is 5.81. The van der Waals surface area contributed by atoms with E-state index >= 15 is 0 Å². The lowest BCUT2D eigenvalue weighted by Gasteiger charge is -2.36. The van der Waals surface area contributed by atoms with E-state index < -0.39 is 23.5 Å². The molecule has 3 atom stereocenters. The van der Waals surface area contributed by atoms with E-state index in [-0.39, 0.29) is 23.0 Å². The molecule has 8 nitrogen and oxygen atoms in total. The van der Waals surface area contributed by atoms with Gasteiger partial charge in [-0.1, -0.05) is 27.2 Å². The average molecular weight is 378 g/mol. The highest BCUT2D eigenvalue weighted by Crippen LogP contribution is 2.35. The zero-order valence-corrected chi connectivity index (χ0v) is 15.8. The van der Waals surface area contributed by atoms with E-state index in [9.17, 15) is 19.7 Å². The fraction of sp³-hybridized carbons (Fsp3) is 0.579. The van der Waals surface area contributed by atoms with Crippen LogP contribution in [0.1, 0.15) is 50.4 Å². The minimum absolute atomic E-state index is 0.0463. The van der Waals surface area contributed by atoms with Gasteiger partial charge in [0, 0.05) is 6.07 Å². The van der Waals surface area contributed by atoms with Crippen molar-refractivity contribution >= 4 is 23.3 Å². The first-order valence-corrected chi connectivity index (χ1v) is 9.09. The number of nitro groups is 1. The van der Waals surface area contributed by atoms with Crippen molar-refractivity contribution in [1.29, 1.82) is 0 Å². The SMILES string of the molecule is CC(C)[C@H]1CC[C@@H](C)C[C@H]1OC(=O)COC(=O)c1ccc(N)c([N+](=O)[O-])c1. The van der Waals surface area contributed by atoms with Crippen LogP contribution in [0.25, 0.3) is 0 Å². The predicted octanol–water partition coefficient (Wildman–Crippen LogP) is 3.34. The van der Waals surface area contributed by atoms with Crippen LogP contribution in [-0.2, 0) is 14.3 Å². The molecule has 1 aliphatic rings. The fourth-order valence-corrected chi connectivity index (χ4v) is 3.49.